The molecule has 1 aliphatic carbocycles. The summed E-state index contributed by atoms with van der Waals surface area (Å²) in [5, 5.41) is 3.69. The second kappa shape index (κ2) is 8.97. The van der Waals surface area contributed by atoms with Gasteiger partial charge >= 0.3 is 0 Å². The molecule has 1 saturated heterocycles. The maximum absolute atomic E-state index is 3.69. The van der Waals surface area contributed by atoms with E-state index in [1.165, 1.54) is 90.5 Å². The number of likely N-dealkylation sites (tertiary alicyclic amines) is 1. The van der Waals surface area contributed by atoms with E-state index in [0.717, 1.165) is 11.8 Å². The average molecular weight is 266 g/mol. The van der Waals surface area contributed by atoms with Crippen LogP contribution in [-0.2, 0) is 0 Å². The van der Waals surface area contributed by atoms with Crippen molar-refractivity contribution in [3.8, 4) is 0 Å². The Morgan fingerprint density at radius 2 is 1.74 bits per heavy atom. The molecule has 2 nitrogen and oxygen atoms in total. The SMILES string of the molecule is CCCC1CCCN(CCNCC2CCCC2)CC1. The Labute approximate surface area is 120 Å². The van der Waals surface area contributed by atoms with E-state index >= 15 is 0 Å². The summed E-state index contributed by atoms with van der Waals surface area (Å²) in [5.41, 5.74) is 0. The number of hydrogen-bond donors (Lipinski definition) is 1. The van der Waals surface area contributed by atoms with Gasteiger partial charge < -0.3 is 10.2 Å². The number of hydrogen-bond acceptors (Lipinski definition) is 2. The van der Waals surface area contributed by atoms with Gasteiger partial charge in [0.25, 0.3) is 0 Å². The summed E-state index contributed by atoms with van der Waals surface area (Å²) >= 11 is 0. The second-order valence-corrected chi connectivity index (χ2v) is 6.78. The van der Waals surface area contributed by atoms with Gasteiger partial charge in [0.1, 0.15) is 0 Å². The van der Waals surface area contributed by atoms with Crippen LogP contribution in [0, 0.1) is 11.8 Å². The lowest BCUT2D eigenvalue weighted by molar-refractivity contribution is 0.276. The molecule has 1 unspecified atom stereocenters. The van der Waals surface area contributed by atoms with Gasteiger partial charge in [0, 0.05) is 13.1 Å². The van der Waals surface area contributed by atoms with Crippen molar-refractivity contribution in [3.63, 3.8) is 0 Å². The minimum absolute atomic E-state index is 0.984. The molecule has 1 heterocycles. The fourth-order valence-electron chi connectivity index (χ4n) is 3.90. The van der Waals surface area contributed by atoms with Crippen LogP contribution in [0.4, 0.5) is 0 Å². The lowest BCUT2D eigenvalue weighted by atomic mass is 9.96. The summed E-state index contributed by atoms with van der Waals surface area (Å²) in [7, 11) is 0. The Kier molecular flexibility index (Phi) is 7.23. The van der Waals surface area contributed by atoms with Crippen LogP contribution in [0.25, 0.3) is 0 Å². The van der Waals surface area contributed by atoms with E-state index in [0.29, 0.717) is 0 Å². The van der Waals surface area contributed by atoms with Crippen molar-refractivity contribution in [3.05, 3.63) is 0 Å². The van der Waals surface area contributed by atoms with Crippen molar-refractivity contribution in [2.75, 3.05) is 32.7 Å². The van der Waals surface area contributed by atoms with Gasteiger partial charge in [-0.15, -0.1) is 0 Å². The maximum atomic E-state index is 3.69. The van der Waals surface area contributed by atoms with Crippen LogP contribution in [0.15, 0.2) is 0 Å². The molecule has 1 aliphatic heterocycles. The highest BCUT2D eigenvalue weighted by atomic mass is 15.1. The highest BCUT2D eigenvalue weighted by Gasteiger charge is 2.17. The maximum Gasteiger partial charge on any atom is 0.0107 e. The molecule has 0 aromatic heterocycles. The first-order chi connectivity index (χ1) is 9.38. The van der Waals surface area contributed by atoms with Crippen LogP contribution in [0.1, 0.15) is 64.7 Å². The quantitative estimate of drug-likeness (QED) is 0.707. The van der Waals surface area contributed by atoms with E-state index < -0.39 is 0 Å². The molecule has 0 spiro atoms. The lowest BCUT2D eigenvalue weighted by Gasteiger charge is -2.21. The van der Waals surface area contributed by atoms with E-state index in [-0.39, 0.29) is 0 Å². The van der Waals surface area contributed by atoms with Crippen molar-refractivity contribution in [1.82, 2.24) is 10.2 Å². The van der Waals surface area contributed by atoms with Gasteiger partial charge in [-0.1, -0.05) is 32.6 Å². The molecule has 19 heavy (non-hydrogen) atoms. The van der Waals surface area contributed by atoms with Crippen LogP contribution in [-0.4, -0.2) is 37.6 Å². The third-order valence-electron chi connectivity index (χ3n) is 5.15. The summed E-state index contributed by atoms with van der Waals surface area (Å²) in [4.78, 5) is 2.69. The van der Waals surface area contributed by atoms with Gasteiger partial charge in [-0.05, 0) is 63.6 Å². The predicted octanol–water partition coefficient (Wildman–Crippen LogP) is 3.67. The van der Waals surface area contributed by atoms with Gasteiger partial charge in [0.15, 0.2) is 0 Å². The van der Waals surface area contributed by atoms with E-state index in [4.69, 9.17) is 0 Å². The molecule has 0 bridgehead atoms. The van der Waals surface area contributed by atoms with E-state index in [1.54, 1.807) is 0 Å². The van der Waals surface area contributed by atoms with E-state index in [9.17, 15) is 0 Å². The Balaban J connectivity index is 1.53. The topological polar surface area (TPSA) is 15.3 Å². The molecule has 2 fully saturated rings. The molecule has 1 N–H and O–H groups in total. The molecule has 2 heteroatoms. The summed E-state index contributed by atoms with van der Waals surface area (Å²) in [6.07, 6.45) is 13.0. The molecule has 0 amide bonds. The third-order valence-corrected chi connectivity index (χ3v) is 5.15. The Morgan fingerprint density at radius 3 is 2.53 bits per heavy atom. The highest BCUT2D eigenvalue weighted by molar-refractivity contribution is 4.72. The van der Waals surface area contributed by atoms with E-state index in [1.807, 2.05) is 0 Å². The molecule has 1 saturated carbocycles. The molecular weight excluding hydrogens is 232 g/mol. The second-order valence-electron chi connectivity index (χ2n) is 6.78. The van der Waals surface area contributed by atoms with Crippen LogP contribution in [0.3, 0.4) is 0 Å². The lowest BCUT2D eigenvalue weighted by Crippen LogP contribution is -2.34. The summed E-state index contributed by atoms with van der Waals surface area (Å²) in [6.45, 7) is 8.75. The smallest absolute Gasteiger partial charge is 0.0107 e. The normalized spacial score (nSPS) is 26.7. The molecule has 0 radical (unpaired) electrons. The zero-order valence-electron chi connectivity index (χ0n) is 13.0. The minimum atomic E-state index is 0.984. The van der Waals surface area contributed by atoms with Crippen LogP contribution in [0.2, 0.25) is 0 Å². The van der Waals surface area contributed by atoms with Crippen LogP contribution >= 0.6 is 0 Å². The largest absolute Gasteiger partial charge is 0.315 e. The van der Waals surface area contributed by atoms with Crippen molar-refractivity contribution in [1.29, 1.82) is 0 Å². The average Bonchev–Trinajstić information content (AvgIpc) is 2.83. The van der Waals surface area contributed by atoms with Gasteiger partial charge in [0.2, 0.25) is 0 Å². The van der Waals surface area contributed by atoms with Crippen molar-refractivity contribution < 1.29 is 0 Å². The highest BCUT2D eigenvalue weighted by Crippen LogP contribution is 2.24. The van der Waals surface area contributed by atoms with Crippen molar-refractivity contribution >= 4 is 0 Å². The van der Waals surface area contributed by atoms with Crippen molar-refractivity contribution in [2.45, 2.75) is 64.7 Å². The molecule has 1 atom stereocenters. The third kappa shape index (κ3) is 5.83. The molecule has 2 rings (SSSR count). The molecule has 2 aliphatic rings. The molecular formula is C17H34N2. The first kappa shape index (κ1) is 15.3. The number of nitrogens with zero attached hydrogens (tertiary/aromatic N) is 1. The summed E-state index contributed by atoms with van der Waals surface area (Å²) in [5.74, 6) is 2.00. The zero-order chi connectivity index (χ0) is 13.3. The van der Waals surface area contributed by atoms with Gasteiger partial charge in [-0.25, -0.2) is 0 Å². The first-order valence-electron chi connectivity index (χ1n) is 8.81. The number of rotatable bonds is 7. The molecule has 0 aromatic rings. The van der Waals surface area contributed by atoms with E-state index in [2.05, 4.69) is 17.1 Å². The van der Waals surface area contributed by atoms with Gasteiger partial charge in [-0.3, -0.25) is 0 Å². The van der Waals surface area contributed by atoms with Crippen molar-refractivity contribution in [2.24, 2.45) is 11.8 Å². The van der Waals surface area contributed by atoms with Crippen LogP contribution in [0.5, 0.6) is 0 Å². The summed E-state index contributed by atoms with van der Waals surface area (Å²) < 4.78 is 0. The Morgan fingerprint density at radius 1 is 0.947 bits per heavy atom. The Hall–Kier alpha value is -0.0800. The zero-order valence-corrected chi connectivity index (χ0v) is 13.0. The Bertz CT molecular complexity index is 223. The first-order valence-corrected chi connectivity index (χ1v) is 8.81. The van der Waals surface area contributed by atoms with Gasteiger partial charge in [0.05, 0.1) is 0 Å². The van der Waals surface area contributed by atoms with Crippen LogP contribution < -0.4 is 5.32 Å². The minimum Gasteiger partial charge on any atom is -0.315 e. The molecule has 112 valence electrons. The summed E-state index contributed by atoms with van der Waals surface area (Å²) in [6, 6.07) is 0. The monoisotopic (exact) mass is 266 g/mol. The molecule has 0 aromatic carbocycles. The predicted molar refractivity (Wildman–Crippen MR) is 83.5 cm³/mol. The van der Waals surface area contributed by atoms with Gasteiger partial charge in [-0.2, -0.15) is 0 Å². The fraction of sp³-hybridized carbons (Fsp3) is 1.00. The standard InChI is InChI=1S/C17H34N2/c1-2-6-16-9-5-12-19(13-10-16)14-11-18-15-17-7-3-4-8-17/h16-18H,2-15H2,1H3. The number of nitrogens with one attached hydrogen (secondary N) is 1. The fourth-order valence-corrected chi connectivity index (χ4v) is 3.90.